The van der Waals surface area contributed by atoms with Gasteiger partial charge in [0.25, 0.3) is 10.0 Å². The number of benzene rings is 3. The predicted octanol–water partition coefficient (Wildman–Crippen LogP) is 5.07. The first-order valence-electron chi connectivity index (χ1n) is 14.1. The van der Waals surface area contributed by atoms with Crippen molar-refractivity contribution in [3.05, 3.63) is 90.0 Å². The molecule has 41 heavy (non-hydrogen) atoms. The Morgan fingerprint density at radius 1 is 0.951 bits per heavy atom. The van der Waals surface area contributed by atoms with E-state index < -0.39 is 28.5 Å². The molecule has 1 saturated carbocycles. The number of hydrogen-bond donors (Lipinski definition) is 1. The van der Waals surface area contributed by atoms with E-state index in [0.717, 1.165) is 41.1 Å². The first kappa shape index (κ1) is 30.1. The number of nitrogens with zero attached hydrogens (tertiary/aromatic N) is 2. The minimum absolute atomic E-state index is 0.0762. The molecule has 218 valence electrons. The van der Waals surface area contributed by atoms with Crippen LogP contribution in [0.1, 0.15) is 50.2 Å². The van der Waals surface area contributed by atoms with Crippen LogP contribution < -0.4 is 14.4 Å². The van der Waals surface area contributed by atoms with Gasteiger partial charge in [-0.25, -0.2) is 8.42 Å². The van der Waals surface area contributed by atoms with Gasteiger partial charge in [-0.15, -0.1) is 0 Å². The van der Waals surface area contributed by atoms with Gasteiger partial charge in [-0.3, -0.25) is 13.9 Å². The Balaban J connectivity index is 1.70. The SMILES string of the molecule is CC[C@@H](C(=O)NC1CCCC1)N(Cc1ccccc1)C(=O)CN(c1ccc(OC)cc1)S(=O)(=O)c1ccc(C)cc1. The van der Waals surface area contributed by atoms with E-state index in [4.69, 9.17) is 4.74 Å². The van der Waals surface area contributed by atoms with Gasteiger partial charge >= 0.3 is 0 Å². The van der Waals surface area contributed by atoms with Crippen LogP contribution in [0.5, 0.6) is 5.75 Å². The first-order valence-corrected chi connectivity index (χ1v) is 15.5. The molecule has 3 aromatic rings. The van der Waals surface area contributed by atoms with Crippen LogP contribution in [0.4, 0.5) is 5.69 Å². The molecule has 0 spiro atoms. The molecule has 0 bridgehead atoms. The summed E-state index contributed by atoms with van der Waals surface area (Å²) in [7, 11) is -2.59. The lowest BCUT2D eigenvalue weighted by atomic mass is 10.1. The van der Waals surface area contributed by atoms with Gasteiger partial charge in [0.05, 0.1) is 17.7 Å². The van der Waals surface area contributed by atoms with Gasteiger partial charge in [0.1, 0.15) is 18.3 Å². The topological polar surface area (TPSA) is 96.0 Å². The number of anilines is 1. The summed E-state index contributed by atoms with van der Waals surface area (Å²) >= 11 is 0. The van der Waals surface area contributed by atoms with Crippen molar-refractivity contribution < 1.29 is 22.7 Å². The number of sulfonamides is 1. The molecule has 0 radical (unpaired) electrons. The van der Waals surface area contributed by atoms with Gasteiger partial charge in [-0.1, -0.05) is 67.8 Å². The number of carbonyl (C=O) groups excluding carboxylic acids is 2. The summed E-state index contributed by atoms with van der Waals surface area (Å²) in [5.74, 6) is -0.108. The molecule has 0 saturated heterocycles. The van der Waals surface area contributed by atoms with E-state index >= 15 is 0 Å². The molecule has 3 aromatic carbocycles. The fourth-order valence-electron chi connectivity index (χ4n) is 5.18. The quantitative estimate of drug-likeness (QED) is 0.325. The summed E-state index contributed by atoms with van der Waals surface area (Å²) in [6.07, 6.45) is 4.39. The van der Waals surface area contributed by atoms with E-state index in [1.165, 1.54) is 24.1 Å². The lowest BCUT2D eigenvalue weighted by Crippen LogP contribution is -2.53. The zero-order chi connectivity index (χ0) is 29.4. The molecular formula is C32H39N3O5S. The molecule has 1 N–H and O–H groups in total. The Bertz CT molecular complexity index is 1400. The zero-order valence-corrected chi connectivity index (χ0v) is 24.8. The summed E-state index contributed by atoms with van der Waals surface area (Å²) in [4.78, 5) is 29.2. The second-order valence-electron chi connectivity index (χ2n) is 10.4. The van der Waals surface area contributed by atoms with Crippen LogP contribution in [0.3, 0.4) is 0 Å². The Morgan fingerprint density at radius 2 is 1.59 bits per heavy atom. The molecule has 0 unspecified atom stereocenters. The van der Waals surface area contributed by atoms with Gasteiger partial charge in [0, 0.05) is 12.6 Å². The number of methoxy groups -OCH3 is 1. The lowest BCUT2D eigenvalue weighted by molar-refractivity contribution is -0.140. The largest absolute Gasteiger partial charge is 0.497 e. The fraction of sp³-hybridized carbons (Fsp3) is 0.375. The van der Waals surface area contributed by atoms with Crippen LogP contribution in [0.25, 0.3) is 0 Å². The summed E-state index contributed by atoms with van der Waals surface area (Å²) in [5, 5.41) is 3.13. The standard InChI is InChI=1S/C32H39N3O5S/c1-4-30(32(37)33-26-12-8-9-13-26)34(22-25-10-6-5-7-11-25)31(36)23-35(27-16-18-28(40-3)19-17-27)41(38,39)29-20-14-24(2)15-21-29/h5-7,10-11,14-21,26,30H,4,8-9,12-13,22-23H2,1-3H3,(H,33,37)/t30-/m0/s1. The van der Waals surface area contributed by atoms with Crippen LogP contribution in [0.2, 0.25) is 0 Å². The summed E-state index contributed by atoms with van der Waals surface area (Å²) in [6.45, 7) is 3.46. The smallest absolute Gasteiger partial charge is 0.264 e. The number of nitrogens with one attached hydrogen (secondary N) is 1. The average Bonchev–Trinajstić information content (AvgIpc) is 3.49. The predicted molar refractivity (Wildman–Crippen MR) is 160 cm³/mol. The monoisotopic (exact) mass is 577 g/mol. The van der Waals surface area contributed by atoms with Crippen molar-refractivity contribution in [3.8, 4) is 5.75 Å². The highest BCUT2D eigenvalue weighted by molar-refractivity contribution is 7.92. The van der Waals surface area contributed by atoms with Gasteiger partial charge in [0.2, 0.25) is 11.8 Å². The number of aryl methyl sites for hydroxylation is 1. The van der Waals surface area contributed by atoms with Crippen LogP contribution >= 0.6 is 0 Å². The van der Waals surface area contributed by atoms with E-state index in [1.807, 2.05) is 44.2 Å². The third kappa shape index (κ3) is 7.47. The zero-order valence-electron chi connectivity index (χ0n) is 24.0. The number of carbonyl (C=O) groups is 2. The van der Waals surface area contributed by atoms with Gasteiger partial charge in [0.15, 0.2) is 0 Å². The number of hydrogen-bond acceptors (Lipinski definition) is 5. The molecule has 1 aliphatic rings. The number of rotatable bonds is 12. The van der Waals surface area contributed by atoms with Crippen molar-refractivity contribution in [1.29, 1.82) is 0 Å². The minimum Gasteiger partial charge on any atom is -0.497 e. The van der Waals surface area contributed by atoms with Crippen LogP contribution in [0.15, 0.2) is 83.8 Å². The van der Waals surface area contributed by atoms with E-state index in [2.05, 4.69) is 5.32 Å². The number of amides is 2. The highest BCUT2D eigenvalue weighted by Crippen LogP contribution is 2.27. The molecular weight excluding hydrogens is 538 g/mol. The maximum Gasteiger partial charge on any atom is 0.264 e. The Hall–Kier alpha value is -3.85. The highest BCUT2D eigenvalue weighted by Gasteiger charge is 2.34. The van der Waals surface area contributed by atoms with E-state index in [-0.39, 0.29) is 23.4 Å². The molecule has 0 aromatic heterocycles. The molecule has 1 aliphatic carbocycles. The van der Waals surface area contributed by atoms with Gasteiger partial charge in [-0.2, -0.15) is 0 Å². The fourth-order valence-corrected chi connectivity index (χ4v) is 6.60. The Labute approximate surface area is 243 Å². The second-order valence-corrected chi connectivity index (χ2v) is 12.3. The molecule has 8 nitrogen and oxygen atoms in total. The normalized spacial score (nSPS) is 14.3. The van der Waals surface area contributed by atoms with Crippen LogP contribution in [0, 0.1) is 6.92 Å². The van der Waals surface area contributed by atoms with E-state index in [9.17, 15) is 18.0 Å². The highest BCUT2D eigenvalue weighted by atomic mass is 32.2. The maximum atomic E-state index is 14.1. The first-order chi connectivity index (χ1) is 19.7. The van der Waals surface area contributed by atoms with Crippen molar-refractivity contribution in [2.45, 2.75) is 69.5 Å². The van der Waals surface area contributed by atoms with Crippen molar-refractivity contribution in [2.75, 3.05) is 18.0 Å². The van der Waals surface area contributed by atoms with Gasteiger partial charge in [-0.05, 0) is 68.1 Å². The summed E-state index contributed by atoms with van der Waals surface area (Å²) in [5.41, 5.74) is 2.09. The van der Waals surface area contributed by atoms with E-state index in [0.29, 0.717) is 17.9 Å². The van der Waals surface area contributed by atoms with E-state index in [1.54, 1.807) is 36.4 Å². The average molecular weight is 578 g/mol. The Morgan fingerprint density at radius 3 is 2.17 bits per heavy atom. The van der Waals surface area contributed by atoms with Crippen molar-refractivity contribution in [2.24, 2.45) is 0 Å². The van der Waals surface area contributed by atoms with Crippen molar-refractivity contribution in [1.82, 2.24) is 10.2 Å². The second kappa shape index (κ2) is 13.7. The minimum atomic E-state index is -4.12. The van der Waals surface area contributed by atoms with Crippen molar-refractivity contribution >= 4 is 27.5 Å². The third-order valence-corrected chi connectivity index (χ3v) is 9.32. The molecule has 9 heteroatoms. The summed E-state index contributed by atoms with van der Waals surface area (Å²) in [6, 6.07) is 21.9. The molecule has 1 fully saturated rings. The molecule has 0 aliphatic heterocycles. The molecule has 2 amide bonds. The lowest BCUT2D eigenvalue weighted by Gasteiger charge is -2.33. The molecule has 4 rings (SSSR count). The molecule has 1 atom stereocenters. The Kier molecular flexibility index (Phi) is 10.0. The third-order valence-electron chi connectivity index (χ3n) is 7.53. The van der Waals surface area contributed by atoms with Crippen LogP contribution in [-0.4, -0.2) is 50.9 Å². The maximum absolute atomic E-state index is 14.1. The molecule has 0 heterocycles. The van der Waals surface area contributed by atoms with Crippen LogP contribution in [-0.2, 0) is 26.2 Å². The summed E-state index contributed by atoms with van der Waals surface area (Å²) < 4.78 is 34.3. The van der Waals surface area contributed by atoms with Gasteiger partial charge < -0.3 is 15.0 Å². The van der Waals surface area contributed by atoms with Crippen molar-refractivity contribution in [3.63, 3.8) is 0 Å². The number of ether oxygens (including phenoxy) is 1.